The van der Waals surface area contributed by atoms with Crippen molar-refractivity contribution in [2.24, 2.45) is 17.1 Å². The molecule has 0 aromatic carbocycles. The largest absolute Gasteiger partial charge is 0.365 e. The molecule has 1 atom stereocenters. The van der Waals surface area contributed by atoms with Gasteiger partial charge in [0.2, 0.25) is 5.91 Å². The summed E-state index contributed by atoms with van der Waals surface area (Å²) in [5.41, 5.74) is 7.42. The molecule has 0 saturated carbocycles. The molecule has 22 heavy (non-hydrogen) atoms. The Kier molecular flexibility index (Phi) is 4.95. The molecule has 1 heterocycles. The summed E-state index contributed by atoms with van der Waals surface area (Å²) in [6.45, 7) is 8.74. The van der Waals surface area contributed by atoms with Crippen molar-refractivity contribution in [3.63, 3.8) is 0 Å². The van der Waals surface area contributed by atoms with Crippen molar-refractivity contribution in [2.75, 3.05) is 5.32 Å². The van der Waals surface area contributed by atoms with Gasteiger partial charge in [0.15, 0.2) is 0 Å². The third-order valence-electron chi connectivity index (χ3n) is 4.47. The van der Waals surface area contributed by atoms with Crippen molar-refractivity contribution >= 4 is 28.2 Å². The van der Waals surface area contributed by atoms with Crippen LogP contribution in [0.15, 0.2) is 0 Å². The molecule has 1 aromatic rings. The van der Waals surface area contributed by atoms with Crippen molar-refractivity contribution in [2.45, 2.75) is 59.8 Å². The zero-order valence-corrected chi connectivity index (χ0v) is 14.7. The Morgan fingerprint density at radius 1 is 1.36 bits per heavy atom. The van der Waals surface area contributed by atoms with Gasteiger partial charge in [-0.3, -0.25) is 9.59 Å². The highest BCUT2D eigenvalue weighted by Crippen LogP contribution is 2.44. The van der Waals surface area contributed by atoms with E-state index < -0.39 is 5.91 Å². The number of hydrogen-bond acceptors (Lipinski definition) is 3. The van der Waals surface area contributed by atoms with Gasteiger partial charge >= 0.3 is 0 Å². The number of nitrogens with one attached hydrogen (secondary N) is 1. The van der Waals surface area contributed by atoms with Gasteiger partial charge in [0.05, 0.1) is 5.56 Å². The van der Waals surface area contributed by atoms with Crippen molar-refractivity contribution in [3.05, 3.63) is 16.0 Å². The van der Waals surface area contributed by atoms with E-state index in [1.807, 2.05) is 6.92 Å². The first-order valence-corrected chi connectivity index (χ1v) is 8.79. The summed E-state index contributed by atoms with van der Waals surface area (Å²) in [4.78, 5) is 24.9. The first-order chi connectivity index (χ1) is 10.2. The van der Waals surface area contributed by atoms with Crippen LogP contribution in [0.1, 0.15) is 67.8 Å². The molecular formula is C17H26N2O2S. The fraction of sp³-hybridized carbons (Fsp3) is 0.647. The van der Waals surface area contributed by atoms with Gasteiger partial charge in [-0.25, -0.2) is 0 Å². The molecule has 0 spiro atoms. The third-order valence-corrected chi connectivity index (χ3v) is 5.64. The van der Waals surface area contributed by atoms with Crippen LogP contribution in [0.5, 0.6) is 0 Å². The molecule has 4 nitrogen and oxygen atoms in total. The Balaban J connectivity index is 2.32. The predicted octanol–water partition coefficient (Wildman–Crippen LogP) is 3.74. The normalized spacial score (nSPS) is 17.9. The van der Waals surface area contributed by atoms with Gasteiger partial charge in [-0.2, -0.15) is 0 Å². The molecule has 0 fully saturated rings. The summed E-state index contributed by atoms with van der Waals surface area (Å²) in [5.74, 6) is 0.119. The molecule has 0 unspecified atom stereocenters. The molecule has 1 aliphatic carbocycles. The number of carbonyl (C=O) groups excluding carboxylic acids is 2. The van der Waals surface area contributed by atoms with Crippen LogP contribution >= 0.6 is 11.3 Å². The maximum atomic E-state index is 11.9. The number of hydrogen-bond donors (Lipinski definition) is 2. The van der Waals surface area contributed by atoms with Crippen LogP contribution in [0.25, 0.3) is 0 Å². The van der Waals surface area contributed by atoms with Gasteiger partial charge in [-0.1, -0.05) is 27.7 Å². The summed E-state index contributed by atoms with van der Waals surface area (Å²) in [6.07, 6.45) is 4.15. The minimum absolute atomic E-state index is 0.0454. The number of primary amides is 1. The maximum absolute atomic E-state index is 11.9. The highest BCUT2D eigenvalue weighted by atomic mass is 32.1. The molecule has 1 aliphatic rings. The zero-order chi connectivity index (χ0) is 16.5. The lowest BCUT2D eigenvalue weighted by Crippen LogP contribution is -2.27. The van der Waals surface area contributed by atoms with Crippen LogP contribution in [0, 0.1) is 11.3 Å². The number of carbonyl (C=O) groups is 2. The quantitative estimate of drug-likeness (QED) is 0.886. The van der Waals surface area contributed by atoms with Crippen molar-refractivity contribution in [3.8, 4) is 0 Å². The van der Waals surface area contributed by atoms with E-state index in [0.717, 1.165) is 31.2 Å². The van der Waals surface area contributed by atoms with E-state index >= 15 is 0 Å². The molecule has 5 heteroatoms. The average Bonchev–Trinajstić information content (AvgIpc) is 2.74. The Morgan fingerprint density at radius 2 is 2.05 bits per heavy atom. The van der Waals surface area contributed by atoms with Gasteiger partial charge in [0.25, 0.3) is 5.91 Å². The summed E-state index contributed by atoms with van der Waals surface area (Å²) in [6, 6.07) is 0. The fourth-order valence-electron chi connectivity index (χ4n) is 3.09. The minimum atomic E-state index is -0.432. The van der Waals surface area contributed by atoms with Crippen LogP contribution in [-0.4, -0.2) is 11.8 Å². The second-order valence-corrected chi connectivity index (χ2v) is 8.28. The second kappa shape index (κ2) is 6.41. The molecule has 0 aliphatic heterocycles. The Hall–Kier alpha value is -1.36. The van der Waals surface area contributed by atoms with E-state index in [9.17, 15) is 9.59 Å². The topological polar surface area (TPSA) is 72.2 Å². The van der Waals surface area contributed by atoms with Crippen molar-refractivity contribution in [1.29, 1.82) is 0 Å². The summed E-state index contributed by atoms with van der Waals surface area (Å²) in [7, 11) is 0. The number of rotatable bonds is 4. The van der Waals surface area contributed by atoms with Crippen molar-refractivity contribution in [1.82, 2.24) is 0 Å². The highest BCUT2D eigenvalue weighted by molar-refractivity contribution is 7.17. The van der Waals surface area contributed by atoms with E-state index in [0.29, 0.717) is 22.9 Å². The predicted molar refractivity (Wildman–Crippen MR) is 91.3 cm³/mol. The molecule has 2 amide bonds. The van der Waals surface area contributed by atoms with E-state index in [2.05, 4.69) is 26.1 Å². The van der Waals surface area contributed by atoms with Crippen LogP contribution in [0.3, 0.4) is 0 Å². The maximum Gasteiger partial charge on any atom is 0.251 e. The van der Waals surface area contributed by atoms with E-state index in [1.54, 1.807) is 0 Å². The Morgan fingerprint density at radius 3 is 2.59 bits per heavy atom. The molecule has 0 radical (unpaired) electrons. The van der Waals surface area contributed by atoms with Crippen LogP contribution in [-0.2, 0) is 17.6 Å². The van der Waals surface area contributed by atoms with Crippen LogP contribution < -0.4 is 11.1 Å². The number of thiophene rings is 1. The van der Waals surface area contributed by atoms with E-state index in [1.165, 1.54) is 16.2 Å². The fourth-order valence-corrected chi connectivity index (χ4v) is 4.44. The number of nitrogens with two attached hydrogens (primary N) is 1. The van der Waals surface area contributed by atoms with Gasteiger partial charge in [0, 0.05) is 11.3 Å². The second-order valence-electron chi connectivity index (χ2n) is 7.18. The molecule has 0 bridgehead atoms. The molecule has 122 valence electrons. The monoisotopic (exact) mass is 322 g/mol. The lowest BCUT2D eigenvalue weighted by Gasteiger charge is -2.33. The lowest BCUT2D eigenvalue weighted by molar-refractivity contribution is -0.116. The van der Waals surface area contributed by atoms with Gasteiger partial charge in [0.1, 0.15) is 5.00 Å². The van der Waals surface area contributed by atoms with Crippen molar-refractivity contribution < 1.29 is 9.59 Å². The molecule has 1 aromatic heterocycles. The molecule has 0 saturated heterocycles. The number of amides is 2. The summed E-state index contributed by atoms with van der Waals surface area (Å²) < 4.78 is 0. The average molecular weight is 322 g/mol. The smallest absolute Gasteiger partial charge is 0.251 e. The SMILES string of the molecule is CCCC(=O)Nc1sc2c(c1C(N)=O)CC[C@@H](C(C)(C)C)C2. The third kappa shape index (κ3) is 3.51. The molecule has 2 rings (SSSR count). The van der Waals surface area contributed by atoms with Gasteiger partial charge < -0.3 is 11.1 Å². The number of fused-ring (bicyclic) bond motifs is 1. The Bertz CT molecular complexity index is 584. The molecule has 3 N–H and O–H groups in total. The summed E-state index contributed by atoms with van der Waals surface area (Å²) in [5, 5.41) is 3.53. The van der Waals surface area contributed by atoms with Gasteiger partial charge in [-0.05, 0) is 42.6 Å². The van der Waals surface area contributed by atoms with E-state index in [-0.39, 0.29) is 11.3 Å². The first kappa shape index (κ1) is 17.0. The lowest BCUT2D eigenvalue weighted by atomic mass is 9.72. The van der Waals surface area contributed by atoms with E-state index in [4.69, 9.17) is 5.73 Å². The standard InChI is InChI=1S/C17H26N2O2S/c1-5-6-13(20)19-16-14(15(18)21)11-8-7-10(17(2,3)4)9-12(11)22-16/h10H,5-9H2,1-4H3,(H2,18,21)(H,19,20)/t10-/m1/s1. The van der Waals surface area contributed by atoms with Crippen LogP contribution in [0.2, 0.25) is 0 Å². The summed E-state index contributed by atoms with van der Waals surface area (Å²) >= 11 is 1.53. The number of anilines is 1. The highest BCUT2D eigenvalue weighted by Gasteiger charge is 2.33. The zero-order valence-electron chi connectivity index (χ0n) is 13.9. The Labute approximate surface area is 136 Å². The molecular weight excluding hydrogens is 296 g/mol. The minimum Gasteiger partial charge on any atom is -0.365 e. The first-order valence-electron chi connectivity index (χ1n) is 7.98. The van der Waals surface area contributed by atoms with Gasteiger partial charge in [-0.15, -0.1) is 11.3 Å². The van der Waals surface area contributed by atoms with Crippen LogP contribution in [0.4, 0.5) is 5.00 Å².